The molecule has 0 radical (unpaired) electrons. The first-order chi connectivity index (χ1) is 9.92. The van der Waals surface area contributed by atoms with Gasteiger partial charge in [-0.3, -0.25) is 0 Å². The predicted molar refractivity (Wildman–Crippen MR) is 79.7 cm³/mol. The van der Waals surface area contributed by atoms with E-state index in [0.29, 0.717) is 16.1 Å². The van der Waals surface area contributed by atoms with Crippen molar-refractivity contribution in [1.82, 2.24) is 4.72 Å². The highest BCUT2D eigenvalue weighted by Crippen LogP contribution is 2.23. The largest absolute Gasteiger partial charge is 0.472 e. The summed E-state index contributed by atoms with van der Waals surface area (Å²) < 4.78 is 31.7. The molecule has 21 heavy (non-hydrogen) atoms. The van der Waals surface area contributed by atoms with E-state index >= 15 is 0 Å². The Morgan fingerprint density at radius 3 is 2.81 bits per heavy atom. The van der Waals surface area contributed by atoms with Crippen LogP contribution in [0, 0.1) is 6.92 Å². The minimum Gasteiger partial charge on any atom is -0.472 e. The van der Waals surface area contributed by atoms with Gasteiger partial charge in [-0.15, -0.1) is 0 Å². The first kappa shape index (κ1) is 16.0. The summed E-state index contributed by atoms with van der Waals surface area (Å²) in [4.78, 5) is 0.146. The van der Waals surface area contributed by atoms with Gasteiger partial charge >= 0.3 is 0 Å². The van der Waals surface area contributed by atoms with Crippen LogP contribution in [0.2, 0.25) is 5.02 Å². The Bertz CT molecular complexity index is 698. The quantitative estimate of drug-likeness (QED) is 0.853. The minimum absolute atomic E-state index is 0.112. The van der Waals surface area contributed by atoms with Crippen LogP contribution in [0.15, 0.2) is 46.1 Å². The number of benzene rings is 1. The molecule has 0 spiro atoms. The second-order valence-electron chi connectivity index (χ2n) is 4.62. The van der Waals surface area contributed by atoms with E-state index in [1.54, 1.807) is 25.1 Å². The highest BCUT2D eigenvalue weighted by molar-refractivity contribution is 7.89. The first-order valence-electron chi connectivity index (χ1n) is 6.37. The Hall–Kier alpha value is -1.34. The van der Waals surface area contributed by atoms with Gasteiger partial charge in [0.25, 0.3) is 0 Å². The summed E-state index contributed by atoms with van der Waals surface area (Å²) in [5, 5.41) is 10.3. The third kappa shape index (κ3) is 3.85. The number of furan rings is 1. The molecule has 0 aliphatic carbocycles. The Morgan fingerprint density at radius 2 is 2.14 bits per heavy atom. The molecule has 0 unspecified atom stereocenters. The van der Waals surface area contributed by atoms with Crippen LogP contribution in [0.3, 0.4) is 0 Å². The van der Waals surface area contributed by atoms with Crippen LogP contribution in [-0.4, -0.2) is 20.1 Å². The van der Waals surface area contributed by atoms with Crippen molar-refractivity contribution in [2.24, 2.45) is 0 Å². The molecule has 5 nitrogen and oxygen atoms in total. The van der Waals surface area contributed by atoms with Crippen molar-refractivity contribution in [2.45, 2.75) is 24.3 Å². The summed E-state index contributed by atoms with van der Waals surface area (Å²) in [5.74, 6) is 0. The van der Waals surface area contributed by atoms with Crippen molar-refractivity contribution in [3.63, 3.8) is 0 Å². The van der Waals surface area contributed by atoms with Gasteiger partial charge in [0, 0.05) is 17.1 Å². The number of halogens is 1. The molecule has 0 aliphatic rings. The fraction of sp³-hybridized carbons (Fsp3) is 0.286. The fourth-order valence-electron chi connectivity index (χ4n) is 1.92. The van der Waals surface area contributed by atoms with Crippen LogP contribution in [-0.2, 0) is 10.0 Å². The maximum absolute atomic E-state index is 12.2. The van der Waals surface area contributed by atoms with Gasteiger partial charge in [0.15, 0.2) is 0 Å². The lowest BCUT2D eigenvalue weighted by molar-refractivity contribution is 0.168. The highest BCUT2D eigenvalue weighted by atomic mass is 35.5. The number of hydrogen-bond acceptors (Lipinski definition) is 4. The number of nitrogens with one attached hydrogen (secondary N) is 1. The zero-order chi connectivity index (χ0) is 15.5. The van der Waals surface area contributed by atoms with Crippen molar-refractivity contribution < 1.29 is 17.9 Å². The zero-order valence-electron chi connectivity index (χ0n) is 11.4. The molecule has 1 aromatic heterocycles. The number of aliphatic hydroxyl groups is 1. The molecule has 0 fully saturated rings. The van der Waals surface area contributed by atoms with Gasteiger partial charge in [-0.1, -0.05) is 17.7 Å². The molecule has 0 saturated carbocycles. The molecule has 2 rings (SSSR count). The number of rotatable bonds is 6. The van der Waals surface area contributed by atoms with Crippen LogP contribution in [0.5, 0.6) is 0 Å². The number of aliphatic hydroxyl groups excluding tert-OH is 1. The molecule has 2 aromatic rings. The lowest BCUT2D eigenvalue weighted by Gasteiger charge is -2.12. The molecule has 114 valence electrons. The SMILES string of the molecule is Cc1c(Cl)cccc1S(=O)(=O)NCC[C@@H](O)c1ccoc1. The Kier molecular flexibility index (Phi) is 5.05. The summed E-state index contributed by atoms with van der Waals surface area (Å²) in [6.07, 6.45) is 2.36. The highest BCUT2D eigenvalue weighted by Gasteiger charge is 2.18. The average Bonchev–Trinajstić information content (AvgIpc) is 2.95. The summed E-state index contributed by atoms with van der Waals surface area (Å²) >= 11 is 5.93. The third-order valence-corrected chi connectivity index (χ3v) is 5.16. The van der Waals surface area contributed by atoms with E-state index < -0.39 is 16.1 Å². The van der Waals surface area contributed by atoms with Crippen LogP contribution in [0.4, 0.5) is 0 Å². The summed E-state index contributed by atoms with van der Waals surface area (Å²) in [6, 6.07) is 6.36. The van der Waals surface area contributed by atoms with Gasteiger partial charge in [-0.2, -0.15) is 0 Å². The lowest BCUT2D eigenvalue weighted by Crippen LogP contribution is -2.26. The monoisotopic (exact) mass is 329 g/mol. The molecule has 0 amide bonds. The van der Waals surface area contributed by atoms with E-state index in [9.17, 15) is 13.5 Å². The molecule has 7 heteroatoms. The van der Waals surface area contributed by atoms with Crippen LogP contribution < -0.4 is 4.72 Å². The normalized spacial score (nSPS) is 13.3. The fourth-order valence-corrected chi connectivity index (χ4v) is 3.46. The van der Waals surface area contributed by atoms with Gasteiger partial charge in [0.2, 0.25) is 10.0 Å². The van der Waals surface area contributed by atoms with E-state index in [4.69, 9.17) is 16.0 Å². The van der Waals surface area contributed by atoms with E-state index in [1.165, 1.54) is 18.6 Å². The van der Waals surface area contributed by atoms with Crippen LogP contribution in [0.25, 0.3) is 0 Å². The van der Waals surface area contributed by atoms with Gasteiger partial charge in [-0.05, 0) is 37.1 Å². The van der Waals surface area contributed by atoms with Gasteiger partial charge in [0.1, 0.15) is 0 Å². The molecule has 0 bridgehead atoms. The Balaban J connectivity index is 2.00. The molecule has 0 aliphatic heterocycles. The molecule has 1 aromatic carbocycles. The second kappa shape index (κ2) is 6.62. The summed E-state index contributed by atoms with van der Waals surface area (Å²) in [6.45, 7) is 1.76. The molecule has 1 heterocycles. The predicted octanol–water partition coefficient (Wildman–Crippen LogP) is 2.64. The van der Waals surface area contributed by atoms with Crippen molar-refractivity contribution >= 4 is 21.6 Å². The van der Waals surface area contributed by atoms with Gasteiger partial charge < -0.3 is 9.52 Å². The van der Waals surface area contributed by atoms with E-state index in [-0.39, 0.29) is 17.9 Å². The average molecular weight is 330 g/mol. The standard InChI is InChI=1S/C14H16ClNO4S/c1-10-12(15)3-2-4-14(10)21(18,19)16-7-5-13(17)11-6-8-20-9-11/h2-4,6,8-9,13,16-17H,5,7H2,1H3/t13-/m1/s1. The third-order valence-electron chi connectivity index (χ3n) is 3.15. The minimum atomic E-state index is -3.65. The molecule has 1 atom stereocenters. The van der Waals surface area contributed by atoms with Gasteiger partial charge in [-0.25, -0.2) is 13.1 Å². The first-order valence-corrected chi connectivity index (χ1v) is 8.23. The van der Waals surface area contributed by atoms with E-state index in [0.717, 1.165) is 0 Å². The topological polar surface area (TPSA) is 79.5 Å². The van der Waals surface area contributed by atoms with Crippen LogP contribution >= 0.6 is 11.6 Å². The summed E-state index contributed by atoms with van der Waals surface area (Å²) in [5.41, 5.74) is 1.12. The van der Waals surface area contributed by atoms with Crippen molar-refractivity contribution in [3.05, 3.63) is 52.9 Å². The van der Waals surface area contributed by atoms with Crippen LogP contribution in [0.1, 0.15) is 23.7 Å². The summed E-state index contributed by atoms with van der Waals surface area (Å²) in [7, 11) is -3.65. The van der Waals surface area contributed by atoms with Crippen molar-refractivity contribution in [3.8, 4) is 0 Å². The number of sulfonamides is 1. The second-order valence-corrected chi connectivity index (χ2v) is 6.76. The molecule has 2 N–H and O–H groups in total. The van der Waals surface area contributed by atoms with Gasteiger partial charge in [0.05, 0.1) is 23.5 Å². The molecular weight excluding hydrogens is 314 g/mol. The van der Waals surface area contributed by atoms with Crippen molar-refractivity contribution in [2.75, 3.05) is 6.54 Å². The maximum atomic E-state index is 12.2. The maximum Gasteiger partial charge on any atom is 0.240 e. The van der Waals surface area contributed by atoms with Crippen molar-refractivity contribution in [1.29, 1.82) is 0 Å². The zero-order valence-corrected chi connectivity index (χ0v) is 13.0. The Labute approximate surface area is 128 Å². The lowest BCUT2D eigenvalue weighted by atomic mass is 10.1. The molecule has 0 saturated heterocycles. The smallest absolute Gasteiger partial charge is 0.240 e. The Morgan fingerprint density at radius 1 is 1.38 bits per heavy atom. The number of hydrogen-bond donors (Lipinski definition) is 2. The van der Waals surface area contributed by atoms with E-state index in [1.807, 2.05) is 0 Å². The molecular formula is C14H16ClNO4S. The van der Waals surface area contributed by atoms with E-state index in [2.05, 4.69) is 4.72 Å².